The Hall–Kier alpha value is -1.10. The van der Waals surface area contributed by atoms with Crippen molar-refractivity contribution in [2.45, 2.75) is 59.5 Å². The van der Waals surface area contributed by atoms with Crippen molar-refractivity contribution in [3.63, 3.8) is 0 Å². The van der Waals surface area contributed by atoms with Crippen molar-refractivity contribution in [2.24, 2.45) is 11.8 Å². The lowest BCUT2D eigenvalue weighted by Gasteiger charge is -2.19. The van der Waals surface area contributed by atoms with Gasteiger partial charge < -0.3 is 19.9 Å². The van der Waals surface area contributed by atoms with Crippen molar-refractivity contribution >= 4 is 5.69 Å². The summed E-state index contributed by atoms with van der Waals surface area (Å²) in [5, 5.41) is 0. The third kappa shape index (κ3) is 15.2. The van der Waals surface area contributed by atoms with E-state index in [0.717, 1.165) is 43.6 Å². The molecule has 3 unspecified atom stereocenters. The summed E-state index contributed by atoms with van der Waals surface area (Å²) in [7, 11) is 1.71. The van der Waals surface area contributed by atoms with Crippen molar-refractivity contribution in [3.05, 3.63) is 30.3 Å². The minimum Gasteiger partial charge on any atom is -0.399 e. The van der Waals surface area contributed by atoms with Crippen LogP contribution in [0.2, 0.25) is 0 Å². The molecule has 0 fully saturated rings. The molecular formula is C22H41NO3. The molecule has 0 radical (unpaired) electrons. The summed E-state index contributed by atoms with van der Waals surface area (Å²) in [6.45, 7) is 11.8. The van der Waals surface area contributed by atoms with Crippen LogP contribution in [0.5, 0.6) is 0 Å². The highest BCUT2D eigenvalue weighted by Crippen LogP contribution is 2.09. The SMILES string of the molecule is CCC(C)CCOCC(COC)OCCC(C)CC.Nc1ccccc1. The average Bonchev–Trinajstić information content (AvgIpc) is 2.65. The fourth-order valence-corrected chi connectivity index (χ4v) is 2.13. The third-order valence-corrected chi connectivity index (χ3v) is 4.57. The Balaban J connectivity index is 0.000000735. The van der Waals surface area contributed by atoms with Crippen molar-refractivity contribution in [1.29, 1.82) is 0 Å². The predicted molar refractivity (Wildman–Crippen MR) is 111 cm³/mol. The van der Waals surface area contributed by atoms with Gasteiger partial charge in [-0.2, -0.15) is 0 Å². The van der Waals surface area contributed by atoms with E-state index in [-0.39, 0.29) is 6.10 Å². The molecule has 0 heterocycles. The van der Waals surface area contributed by atoms with Gasteiger partial charge in [-0.25, -0.2) is 0 Å². The van der Waals surface area contributed by atoms with E-state index in [4.69, 9.17) is 19.9 Å². The highest BCUT2D eigenvalue weighted by atomic mass is 16.6. The summed E-state index contributed by atoms with van der Waals surface area (Å²) < 4.78 is 16.7. The molecule has 1 aromatic rings. The number of ether oxygens (including phenoxy) is 3. The third-order valence-electron chi connectivity index (χ3n) is 4.57. The van der Waals surface area contributed by atoms with Crippen molar-refractivity contribution in [2.75, 3.05) is 39.3 Å². The number of hydrogen-bond donors (Lipinski definition) is 1. The maximum Gasteiger partial charge on any atom is 0.104 e. The van der Waals surface area contributed by atoms with E-state index in [1.165, 1.54) is 12.8 Å². The number of methoxy groups -OCH3 is 1. The van der Waals surface area contributed by atoms with Crippen LogP contribution in [0.1, 0.15) is 53.4 Å². The number of nitrogen functional groups attached to an aromatic ring is 1. The van der Waals surface area contributed by atoms with E-state index in [0.29, 0.717) is 13.2 Å². The van der Waals surface area contributed by atoms with Crippen LogP contribution in [-0.4, -0.2) is 39.6 Å². The van der Waals surface area contributed by atoms with Crippen LogP contribution in [0.25, 0.3) is 0 Å². The van der Waals surface area contributed by atoms with E-state index in [9.17, 15) is 0 Å². The number of benzene rings is 1. The lowest BCUT2D eigenvalue weighted by atomic mass is 10.1. The van der Waals surface area contributed by atoms with E-state index in [1.807, 2.05) is 30.3 Å². The number of para-hydroxylation sites is 1. The summed E-state index contributed by atoms with van der Waals surface area (Å²) in [6.07, 6.45) is 4.75. The first-order valence-corrected chi connectivity index (χ1v) is 10.0. The zero-order valence-electron chi connectivity index (χ0n) is 17.6. The molecule has 0 aliphatic heterocycles. The molecule has 3 atom stereocenters. The molecule has 2 N–H and O–H groups in total. The van der Waals surface area contributed by atoms with Crippen LogP contribution in [0.3, 0.4) is 0 Å². The van der Waals surface area contributed by atoms with Gasteiger partial charge in [0.1, 0.15) is 6.10 Å². The number of rotatable bonds is 13. The van der Waals surface area contributed by atoms with Crippen LogP contribution in [-0.2, 0) is 14.2 Å². The van der Waals surface area contributed by atoms with Gasteiger partial charge in [0.2, 0.25) is 0 Å². The first-order chi connectivity index (χ1) is 12.5. The molecule has 0 saturated carbocycles. The van der Waals surface area contributed by atoms with E-state index >= 15 is 0 Å². The minimum absolute atomic E-state index is 0.0750. The van der Waals surface area contributed by atoms with Crippen LogP contribution in [0.4, 0.5) is 5.69 Å². The quantitative estimate of drug-likeness (QED) is 0.386. The molecule has 26 heavy (non-hydrogen) atoms. The Morgan fingerprint density at radius 3 is 1.92 bits per heavy atom. The molecule has 0 aromatic heterocycles. The maximum absolute atomic E-state index is 5.84. The summed E-state index contributed by atoms with van der Waals surface area (Å²) >= 11 is 0. The largest absolute Gasteiger partial charge is 0.399 e. The summed E-state index contributed by atoms with van der Waals surface area (Å²) in [6, 6.07) is 9.49. The fourth-order valence-electron chi connectivity index (χ4n) is 2.13. The smallest absolute Gasteiger partial charge is 0.104 e. The second-order valence-electron chi connectivity index (χ2n) is 7.04. The van der Waals surface area contributed by atoms with Gasteiger partial charge in [-0.1, -0.05) is 58.7 Å². The van der Waals surface area contributed by atoms with Gasteiger partial charge in [0.15, 0.2) is 0 Å². The van der Waals surface area contributed by atoms with Gasteiger partial charge in [0.25, 0.3) is 0 Å². The Bertz CT molecular complexity index is 400. The van der Waals surface area contributed by atoms with Gasteiger partial charge in [-0.15, -0.1) is 0 Å². The van der Waals surface area contributed by atoms with Gasteiger partial charge >= 0.3 is 0 Å². The maximum atomic E-state index is 5.84. The van der Waals surface area contributed by atoms with Gasteiger partial charge in [0.05, 0.1) is 13.2 Å². The monoisotopic (exact) mass is 367 g/mol. The lowest BCUT2D eigenvalue weighted by Crippen LogP contribution is -2.26. The molecule has 0 amide bonds. The van der Waals surface area contributed by atoms with Gasteiger partial charge in [-0.05, 0) is 36.8 Å². The molecule has 1 aromatic carbocycles. The molecule has 0 bridgehead atoms. The summed E-state index contributed by atoms with van der Waals surface area (Å²) in [4.78, 5) is 0. The number of nitrogens with two attached hydrogens (primary N) is 1. The van der Waals surface area contributed by atoms with Gasteiger partial charge in [0, 0.05) is 26.0 Å². The van der Waals surface area contributed by atoms with Crippen LogP contribution in [0.15, 0.2) is 30.3 Å². The fraction of sp³-hybridized carbons (Fsp3) is 0.727. The highest BCUT2D eigenvalue weighted by Gasteiger charge is 2.10. The first-order valence-electron chi connectivity index (χ1n) is 10.0. The first kappa shape index (κ1) is 24.9. The van der Waals surface area contributed by atoms with Crippen molar-refractivity contribution in [1.82, 2.24) is 0 Å². The normalized spacial score (nSPS) is 14.2. The van der Waals surface area contributed by atoms with Crippen molar-refractivity contribution < 1.29 is 14.2 Å². The molecule has 0 spiro atoms. The zero-order valence-corrected chi connectivity index (χ0v) is 17.6. The molecule has 4 nitrogen and oxygen atoms in total. The van der Waals surface area contributed by atoms with E-state index in [1.54, 1.807) is 7.11 Å². The molecular weight excluding hydrogens is 326 g/mol. The second-order valence-corrected chi connectivity index (χ2v) is 7.04. The lowest BCUT2D eigenvalue weighted by molar-refractivity contribution is -0.0553. The van der Waals surface area contributed by atoms with Crippen LogP contribution in [0, 0.1) is 11.8 Å². The molecule has 0 saturated heterocycles. The standard InChI is InChI=1S/C16H34O3.C6H7N/c1-6-14(3)8-10-18-13-16(12-17-5)19-11-9-15(4)7-2;7-6-4-2-1-3-5-6/h14-16H,6-13H2,1-5H3;1-5H,7H2. The molecule has 0 aliphatic carbocycles. The van der Waals surface area contributed by atoms with E-state index < -0.39 is 0 Å². The topological polar surface area (TPSA) is 53.7 Å². The Labute approximate surface area is 161 Å². The Morgan fingerprint density at radius 2 is 1.46 bits per heavy atom. The van der Waals surface area contributed by atoms with Gasteiger partial charge in [-0.3, -0.25) is 0 Å². The van der Waals surface area contributed by atoms with E-state index in [2.05, 4.69) is 27.7 Å². The molecule has 152 valence electrons. The zero-order chi connectivity index (χ0) is 19.6. The Kier molecular flexibility index (Phi) is 16.6. The molecule has 0 aliphatic rings. The number of hydrogen-bond acceptors (Lipinski definition) is 4. The minimum atomic E-state index is 0.0750. The number of anilines is 1. The highest BCUT2D eigenvalue weighted by molar-refractivity contribution is 5.35. The summed E-state index contributed by atoms with van der Waals surface area (Å²) in [5.74, 6) is 1.47. The molecule has 4 heteroatoms. The Morgan fingerprint density at radius 1 is 0.885 bits per heavy atom. The van der Waals surface area contributed by atoms with Crippen molar-refractivity contribution in [3.8, 4) is 0 Å². The van der Waals surface area contributed by atoms with Crippen LogP contribution >= 0.6 is 0 Å². The summed E-state index contributed by atoms with van der Waals surface area (Å²) in [5.41, 5.74) is 6.18. The predicted octanol–water partition coefficient (Wildman–Crippen LogP) is 5.18. The average molecular weight is 368 g/mol. The molecule has 1 rings (SSSR count). The van der Waals surface area contributed by atoms with Crippen LogP contribution < -0.4 is 5.73 Å². The second kappa shape index (κ2) is 17.3.